The Bertz CT molecular complexity index is 402. The molecule has 1 heterocycles. The van der Waals surface area contributed by atoms with Gasteiger partial charge in [0.15, 0.2) is 0 Å². The molecule has 0 unspecified atom stereocenters. The lowest BCUT2D eigenvalue weighted by Crippen LogP contribution is -2.30. The maximum Gasteiger partial charge on any atom is 0.323 e. The van der Waals surface area contributed by atoms with Crippen molar-refractivity contribution in [2.24, 2.45) is 5.84 Å². The molecular weight excluding hydrogens is 260 g/mol. The van der Waals surface area contributed by atoms with Crippen LogP contribution in [0.3, 0.4) is 0 Å². The van der Waals surface area contributed by atoms with Crippen molar-refractivity contribution >= 4 is 11.9 Å². The van der Waals surface area contributed by atoms with Gasteiger partial charge in [0.1, 0.15) is 0 Å². The molecule has 0 saturated heterocycles. The maximum absolute atomic E-state index is 5.50. The highest BCUT2D eigenvalue weighted by Gasteiger charge is 2.13. The third-order valence-corrected chi connectivity index (χ3v) is 2.45. The molecule has 114 valence electrons. The second-order valence-corrected chi connectivity index (χ2v) is 4.33. The Morgan fingerprint density at radius 1 is 1.25 bits per heavy atom. The topological polar surface area (TPSA) is 98.4 Å². The van der Waals surface area contributed by atoms with E-state index in [2.05, 4.69) is 20.4 Å². The molecule has 0 atom stereocenters. The number of likely N-dealkylation sites (N-methyl/N-ethyl adjacent to an activating group) is 1. The summed E-state index contributed by atoms with van der Waals surface area (Å²) in [6.45, 7) is 10.5. The van der Waals surface area contributed by atoms with E-state index in [0.717, 1.165) is 6.54 Å². The van der Waals surface area contributed by atoms with E-state index in [-0.39, 0.29) is 18.1 Å². The number of ether oxygens (including phenoxy) is 2. The summed E-state index contributed by atoms with van der Waals surface area (Å²) < 4.78 is 10.9. The summed E-state index contributed by atoms with van der Waals surface area (Å²) in [7, 11) is 0. The van der Waals surface area contributed by atoms with Gasteiger partial charge in [-0.3, -0.25) is 5.43 Å². The molecule has 1 aromatic heterocycles. The van der Waals surface area contributed by atoms with Gasteiger partial charge >= 0.3 is 6.01 Å². The molecule has 20 heavy (non-hydrogen) atoms. The molecule has 0 saturated carbocycles. The van der Waals surface area contributed by atoms with Gasteiger partial charge in [-0.15, -0.1) is 0 Å². The summed E-state index contributed by atoms with van der Waals surface area (Å²) in [6, 6.07) is 0.257. The molecule has 0 spiro atoms. The van der Waals surface area contributed by atoms with Gasteiger partial charge in [0.05, 0.1) is 12.7 Å². The summed E-state index contributed by atoms with van der Waals surface area (Å²) in [5.74, 6) is 6.18. The van der Waals surface area contributed by atoms with Crippen molar-refractivity contribution < 1.29 is 9.47 Å². The molecule has 3 N–H and O–H groups in total. The zero-order chi connectivity index (χ0) is 15.0. The average molecular weight is 284 g/mol. The molecule has 0 aromatic carbocycles. The van der Waals surface area contributed by atoms with Crippen LogP contribution < -0.4 is 20.9 Å². The van der Waals surface area contributed by atoms with Gasteiger partial charge in [0.25, 0.3) is 0 Å². The number of hydrogen-bond acceptors (Lipinski definition) is 8. The van der Waals surface area contributed by atoms with E-state index in [1.54, 1.807) is 0 Å². The van der Waals surface area contributed by atoms with Crippen LogP contribution in [-0.4, -0.2) is 47.4 Å². The third-order valence-electron chi connectivity index (χ3n) is 2.45. The molecule has 1 rings (SSSR count). The van der Waals surface area contributed by atoms with Crippen LogP contribution in [0.4, 0.5) is 11.9 Å². The number of nitrogen functional groups attached to an aromatic ring is 1. The smallest absolute Gasteiger partial charge is 0.323 e. The first-order valence-electron chi connectivity index (χ1n) is 6.82. The number of hydrazine groups is 1. The van der Waals surface area contributed by atoms with Gasteiger partial charge in [-0.1, -0.05) is 0 Å². The van der Waals surface area contributed by atoms with Gasteiger partial charge in [-0.05, 0) is 27.7 Å². The second kappa shape index (κ2) is 8.49. The fourth-order valence-corrected chi connectivity index (χ4v) is 1.53. The molecule has 0 radical (unpaired) electrons. The van der Waals surface area contributed by atoms with E-state index in [9.17, 15) is 0 Å². The van der Waals surface area contributed by atoms with E-state index in [1.807, 2.05) is 32.6 Å². The monoisotopic (exact) mass is 284 g/mol. The van der Waals surface area contributed by atoms with Crippen LogP contribution in [-0.2, 0) is 4.74 Å². The van der Waals surface area contributed by atoms with Crippen LogP contribution in [0.1, 0.15) is 27.7 Å². The summed E-state index contributed by atoms with van der Waals surface area (Å²) in [5.41, 5.74) is 2.43. The van der Waals surface area contributed by atoms with Crippen molar-refractivity contribution in [1.29, 1.82) is 0 Å². The van der Waals surface area contributed by atoms with Crippen molar-refractivity contribution in [2.45, 2.75) is 33.8 Å². The van der Waals surface area contributed by atoms with E-state index in [1.165, 1.54) is 0 Å². The van der Waals surface area contributed by atoms with Crippen molar-refractivity contribution in [3.05, 3.63) is 0 Å². The van der Waals surface area contributed by atoms with Crippen molar-refractivity contribution in [3.8, 4) is 6.01 Å². The lowest BCUT2D eigenvalue weighted by molar-refractivity contribution is 0.153. The standard InChI is InChI=1S/C12H24N6O2/c1-5-18(7-8-19-6-2)11-14-10(17-13)15-12(16-11)20-9(3)4/h9H,5-8,13H2,1-4H3,(H,14,15,16,17). The minimum atomic E-state index is -0.0191. The maximum atomic E-state index is 5.50. The quantitative estimate of drug-likeness (QED) is 0.390. The minimum absolute atomic E-state index is 0.0191. The Labute approximate surface area is 119 Å². The van der Waals surface area contributed by atoms with Crippen LogP contribution in [0.15, 0.2) is 0 Å². The summed E-state index contributed by atoms with van der Waals surface area (Å²) in [5, 5.41) is 0. The number of anilines is 2. The number of rotatable bonds is 9. The molecule has 0 aliphatic rings. The number of aromatic nitrogens is 3. The van der Waals surface area contributed by atoms with Gasteiger partial charge in [-0.2, -0.15) is 15.0 Å². The Morgan fingerprint density at radius 2 is 2.00 bits per heavy atom. The fourth-order valence-electron chi connectivity index (χ4n) is 1.53. The molecule has 0 fully saturated rings. The summed E-state index contributed by atoms with van der Waals surface area (Å²) in [4.78, 5) is 14.6. The highest BCUT2D eigenvalue weighted by atomic mass is 16.5. The molecule has 0 aliphatic heterocycles. The fraction of sp³-hybridized carbons (Fsp3) is 0.750. The Balaban J connectivity index is 2.89. The van der Waals surface area contributed by atoms with E-state index in [0.29, 0.717) is 25.7 Å². The Morgan fingerprint density at radius 3 is 2.55 bits per heavy atom. The van der Waals surface area contributed by atoms with Crippen LogP contribution >= 0.6 is 0 Å². The minimum Gasteiger partial charge on any atom is -0.461 e. The molecule has 1 aromatic rings. The van der Waals surface area contributed by atoms with Gasteiger partial charge in [0.2, 0.25) is 11.9 Å². The summed E-state index contributed by atoms with van der Waals surface area (Å²) in [6.07, 6.45) is -0.0191. The lowest BCUT2D eigenvalue weighted by atomic mass is 10.5. The van der Waals surface area contributed by atoms with Crippen molar-refractivity contribution in [3.63, 3.8) is 0 Å². The Hall–Kier alpha value is -1.67. The Kier molecular flexibility index (Phi) is 6.96. The average Bonchev–Trinajstić information content (AvgIpc) is 2.42. The van der Waals surface area contributed by atoms with Crippen LogP contribution in [0.2, 0.25) is 0 Å². The highest BCUT2D eigenvalue weighted by molar-refractivity contribution is 5.37. The predicted octanol–water partition coefficient (Wildman–Crippen LogP) is 0.807. The van der Waals surface area contributed by atoms with Gasteiger partial charge < -0.3 is 14.4 Å². The van der Waals surface area contributed by atoms with Crippen molar-refractivity contribution in [1.82, 2.24) is 15.0 Å². The van der Waals surface area contributed by atoms with E-state index in [4.69, 9.17) is 15.3 Å². The zero-order valence-corrected chi connectivity index (χ0v) is 12.6. The molecular formula is C12H24N6O2. The SMILES string of the molecule is CCOCCN(CC)c1nc(NN)nc(OC(C)C)n1. The van der Waals surface area contributed by atoms with Gasteiger partial charge in [-0.25, -0.2) is 5.84 Å². The van der Waals surface area contributed by atoms with Crippen LogP contribution in [0.5, 0.6) is 6.01 Å². The zero-order valence-electron chi connectivity index (χ0n) is 12.6. The third kappa shape index (κ3) is 5.14. The van der Waals surface area contributed by atoms with E-state index >= 15 is 0 Å². The molecule has 0 aliphatic carbocycles. The van der Waals surface area contributed by atoms with E-state index < -0.39 is 0 Å². The molecule has 0 bridgehead atoms. The predicted molar refractivity (Wildman–Crippen MR) is 77.8 cm³/mol. The number of nitrogens with one attached hydrogen (secondary N) is 1. The summed E-state index contributed by atoms with van der Waals surface area (Å²) >= 11 is 0. The first-order valence-corrected chi connectivity index (χ1v) is 6.82. The largest absolute Gasteiger partial charge is 0.461 e. The van der Waals surface area contributed by atoms with Gasteiger partial charge in [0, 0.05) is 19.7 Å². The number of hydrogen-bond donors (Lipinski definition) is 2. The normalized spacial score (nSPS) is 10.7. The molecule has 8 heteroatoms. The van der Waals surface area contributed by atoms with Crippen molar-refractivity contribution in [2.75, 3.05) is 36.6 Å². The van der Waals surface area contributed by atoms with Crippen LogP contribution in [0, 0.1) is 0 Å². The lowest BCUT2D eigenvalue weighted by Gasteiger charge is -2.21. The second-order valence-electron chi connectivity index (χ2n) is 4.33. The highest BCUT2D eigenvalue weighted by Crippen LogP contribution is 2.15. The first-order chi connectivity index (χ1) is 9.60. The molecule has 0 amide bonds. The number of nitrogens with zero attached hydrogens (tertiary/aromatic N) is 4. The first kappa shape index (κ1) is 16.4. The number of nitrogens with two attached hydrogens (primary N) is 1. The van der Waals surface area contributed by atoms with Crippen LogP contribution in [0.25, 0.3) is 0 Å². The molecule has 8 nitrogen and oxygen atoms in total.